The maximum Gasteiger partial charge on any atom is 0.107 e. The molecule has 0 aromatic heterocycles. The van der Waals surface area contributed by atoms with Gasteiger partial charge in [-0.15, -0.1) is 0 Å². The van der Waals surface area contributed by atoms with Crippen LogP contribution in [0.4, 0.5) is 10.1 Å². The van der Waals surface area contributed by atoms with E-state index in [4.69, 9.17) is 15.2 Å². The topological polar surface area (TPSA) is 47.7 Å². The van der Waals surface area contributed by atoms with E-state index in [0.717, 1.165) is 37.6 Å². The molecule has 0 bridgehead atoms. The van der Waals surface area contributed by atoms with Crippen LogP contribution in [0.25, 0.3) is 0 Å². The molecule has 1 fully saturated rings. The number of anilines is 1. The van der Waals surface area contributed by atoms with Crippen LogP contribution in [-0.4, -0.2) is 46.1 Å². The van der Waals surface area contributed by atoms with Gasteiger partial charge >= 0.3 is 0 Å². The molecule has 0 aliphatic carbocycles. The third kappa shape index (κ3) is 3.43. The van der Waals surface area contributed by atoms with Gasteiger partial charge in [0.15, 0.2) is 0 Å². The van der Waals surface area contributed by atoms with Gasteiger partial charge in [0.2, 0.25) is 0 Å². The number of methoxy groups -OCH3 is 1. The van der Waals surface area contributed by atoms with E-state index in [9.17, 15) is 4.39 Å². The predicted octanol–water partition coefficient (Wildman–Crippen LogP) is 1.51. The molecule has 1 heterocycles. The number of morpholine rings is 1. The average molecular weight is 268 g/mol. The highest BCUT2D eigenvalue weighted by Gasteiger charge is 2.19. The number of alkyl halides is 1. The Morgan fingerprint density at radius 3 is 2.47 bits per heavy atom. The summed E-state index contributed by atoms with van der Waals surface area (Å²) in [5, 5.41) is 0. The first-order valence-corrected chi connectivity index (χ1v) is 6.53. The van der Waals surface area contributed by atoms with Crippen molar-refractivity contribution in [2.75, 3.05) is 45.0 Å². The van der Waals surface area contributed by atoms with Crippen molar-refractivity contribution >= 4 is 5.69 Å². The van der Waals surface area contributed by atoms with Crippen LogP contribution in [0.2, 0.25) is 0 Å². The molecule has 2 N–H and O–H groups in total. The van der Waals surface area contributed by atoms with Crippen LogP contribution in [0.1, 0.15) is 11.7 Å². The molecule has 2 unspecified atom stereocenters. The summed E-state index contributed by atoms with van der Waals surface area (Å²) in [6, 6.07) is 7.33. The fourth-order valence-corrected chi connectivity index (χ4v) is 2.34. The smallest absolute Gasteiger partial charge is 0.107 e. The summed E-state index contributed by atoms with van der Waals surface area (Å²) in [6.45, 7) is 2.72. The Bertz CT molecular complexity index is 380. The van der Waals surface area contributed by atoms with Gasteiger partial charge in [0.05, 0.1) is 25.4 Å². The number of nitrogens with zero attached hydrogens (tertiary/aromatic N) is 1. The predicted molar refractivity (Wildman–Crippen MR) is 73.2 cm³/mol. The summed E-state index contributed by atoms with van der Waals surface area (Å²) in [4.78, 5) is 2.27. The second-order valence-corrected chi connectivity index (χ2v) is 4.67. The largest absolute Gasteiger partial charge is 0.378 e. The highest BCUT2D eigenvalue weighted by atomic mass is 19.1. The van der Waals surface area contributed by atoms with Crippen molar-refractivity contribution in [1.29, 1.82) is 0 Å². The van der Waals surface area contributed by atoms with E-state index >= 15 is 0 Å². The molecule has 1 saturated heterocycles. The average Bonchev–Trinajstić information content (AvgIpc) is 2.49. The molecule has 1 aromatic carbocycles. The Kier molecular flexibility index (Phi) is 5.13. The van der Waals surface area contributed by atoms with Gasteiger partial charge in [-0.3, -0.25) is 0 Å². The molecule has 4 nitrogen and oxygen atoms in total. The minimum absolute atomic E-state index is 0.399. The minimum atomic E-state index is -0.626. The SMILES string of the molecule is COC(c1ccc(N2CCOCC2)cc1)C(N)CF. The number of nitrogens with two attached hydrogens (primary N) is 1. The van der Waals surface area contributed by atoms with E-state index in [-0.39, 0.29) is 0 Å². The van der Waals surface area contributed by atoms with Crippen molar-refractivity contribution in [2.24, 2.45) is 5.73 Å². The quantitative estimate of drug-likeness (QED) is 0.879. The van der Waals surface area contributed by atoms with Gasteiger partial charge in [0.25, 0.3) is 0 Å². The fourth-order valence-electron chi connectivity index (χ4n) is 2.34. The Morgan fingerprint density at radius 2 is 1.95 bits per heavy atom. The zero-order valence-corrected chi connectivity index (χ0v) is 11.2. The van der Waals surface area contributed by atoms with Gasteiger partial charge in [0, 0.05) is 25.9 Å². The summed E-state index contributed by atoms with van der Waals surface area (Å²) in [5.41, 5.74) is 7.77. The Hall–Kier alpha value is -1.17. The van der Waals surface area contributed by atoms with Gasteiger partial charge < -0.3 is 20.1 Å². The van der Waals surface area contributed by atoms with E-state index < -0.39 is 18.8 Å². The lowest BCUT2D eigenvalue weighted by Crippen LogP contribution is -2.36. The molecule has 0 spiro atoms. The number of hydrogen-bond acceptors (Lipinski definition) is 4. The summed E-state index contributed by atoms with van der Waals surface area (Å²) in [5.74, 6) is 0. The fraction of sp³-hybridized carbons (Fsp3) is 0.571. The molecule has 1 aliphatic rings. The van der Waals surface area contributed by atoms with Crippen molar-refractivity contribution in [2.45, 2.75) is 12.1 Å². The maximum atomic E-state index is 12.7. The van der Waals surface area contributed by atoms with Crippen LogP contribution in [0, 0.1) is 0 Å². The van der Waals surface area contributed by atoms with E-state index in [1.807, 2.05) is 24.3 Å². The number of halogens is 1. The highest BCUT2D eigenvalue weighted by Crippen LogP contribution is 2.23. The molecule has 0 amide bonds. The molecule has 5 heteroatoms. The second kappa shape index (κ2) is 6.84. The van der Waals surface area contributed by atoms with Crippen LogP contribution in [-0.2, 0) is 9.47 Å². The van der Waals surface area contributed by atoms with Crippen molar-refractivity contribution in [3.05, 3.63) is 29.8 Å². The Labute approximate surface area is 113 Å². The molecular formula is C14H21FN2O2. The lowest BCUT2D eigenvalue weighted by molar-refractivity contribution is 0.0721. The van der Waals surface area contributed by atoms with Crippen molar-refractivity contribution in [1.82, 2.24) is 0 Å². The molecule has 2 atom stereocenters. The van der Waals surface area contributed by atoms with Gasteiger partial charge in [-0.05, 0) is 17.7 Å². The van der Waals surface area contributed by atoms with Crippen LogP contribution in [0.5, 0.6) is 0 Å². The lowest BCUT2D eigenvalue weighted by Gasteiger charge is -2.29. The lowest BCUT2D eigenvalue weighted by atomic mass is 10.0. The van der Waals surface area contributed by atoms with E-state index in [0.29, 0.717) is 0 Å². The van der Waals surface area contributed by atoms with Crippen LogP contribution < -0.4 is 10.6 Å². The molecular weight excluding hydrogens is 247 g/mol. The van der Waals surface area contributed by atoms with Crippen molar-refractivity contribution < 1.29 is 13.9 Å². The first-order valence-electron chi connectivity index (χ1n) is 6.53. The third-order valence-electron chi connectivity index (χ3n) is 3.42. The van der Waals surface area contributed by atoms with E-state index in [1.165, 1.54) is 0 Å². The summed E-state index contributed by atoms with van der Waals surface area (Å²) < 4.78 is 23.3. The van der Waals surface area contributed by atoms with Crippen LogP contribution >= 0.6 is 0 Å². The minimum Gasteiger partial charge on any atom is -0.378 e. The van der Waals surface area contributed by atoms with Gasteiger partial charge in [-0.25, -0.2) is 4.39 Å². The molecule has 1 aromatic rings. The molecule has 2 rings (SSSR count). The van der Waals surface area contributed by atoms with Crippen LogP contribution in [0.3, 0.4) is 0 Å². The number of ether oxygens (including phenoxy) is 2. The highest BCUT2D eigenvalue weighted by molar-refractivity contribution is 5.48. The summed E-state index contributed by atoms with van der Waals surface area (Å²) in [6.07, 6.45) is -0.399. The van der Waals surface area contributed by atoms with E-state index in [2.05, 4.69) is 4.90 Å². The number of benzene rings is 1. The molecule has 106 valence electrons. The van der Waals surface area contributed by atoms with Crippen LogP contribution in [0.15, 0.2) is 24.3 Å². The van der Waals surface area contributed by atoms with E-state index in [1.54, 1.807) is 7.11 Å². The monoisotopic (exact) mass is 268 g/mol. The summed E-state index contributed by atoms with van der Waals surface area (Å²) >= 11 is 0. The summed E-state index contributed by atoms with van der Waals surface area (Å²) in [7, 11) is 1.55. The second-order valence-electron chi connectivity index (χ2n) is 4.67. The van der Waals surface area contributed by atoms with Gasteiger partial charge in [0.1, 0.15) is 6.67 Å². The first kappa shape index (κ1) is 14.2. The first-order chi connectivity index (χ1) is 9.26. The number of rotatable bonds is 5. The molecule has 0 saturated carbocycles. The van der Waals surface area contributed by atoms with Crippen molar-refractivity contribution in [3.63, 3.8) is 0 Å². The maximum absolute atomic E-state index is 12.7. The molecule has 19 heavy (non-hydrogen) atoms. The normalized spacial score (nSPS) is 19.2. The zero-order valence-electron chi connectivity index (χ0n) is 11.2. The number of hydrogen-bond donors (Lipinski definition) is 1. The van der Waals surface area contributed by atoms with Gasteiger partial charge in [-0.1, -0.05) is 12.1 Å². The standard InChI is InChI=1S/C14H21FN2O2/c1-18-14(13(16)10-15)11-2-4-12(5-3-11)17-6-8-19-9-7-17/h2-5,13-14H,6-10,16H2,1H3. The zero-order chi connectivity index (χ0) is 13.7. The molecule has 1 aliphatic heterocycles. The van der Waals surface area contributed by atoms with Crippen molar-refractivity contribution in [3.8, 4) is 0 Å². The van der Waals surface area contributed by atoms with Gasteiger partial charge in [-0.2, -0.15) is 0 Å². The Morgan fingerprint density at radius 1 is 1.32 bits per heavy atom. The third-order valence-corrected chi connectivity index (χ3v) is 3.42. The Balaban J connectivity index is 2.08. The molecule has 0 radical (unpaired) electrons.